The van der Waals surface area contributed by atoms with E-state index in [0.29, 0.717) is 12.1 Å². The first-order chi connectivity index (χ1) is 9.85. The first-order valence-corrected chi connectivity index (χ1v) is 6.05. The van der Waals surface area contributed by atoms with Crippen LogP contribution in [0.2, 0.25) is 5.02 Å². The molecule has 2 rings (SSSR count). The van der Waals surface area contributed by atoms with E-state index in [1.54, 1.807) is 0 Å². The van der Waals surface area contributed by atoms with Gasteiger partial charge in [-0.05, 0) is 12.1 Å². The highest BCUT2D eigenvalue weighted by molar-refractivity contribution is 6.34. The van der Waals surface area contributed by atoms with Crippen molar-refractivity contribution in [2.24, 2.45) is 0 Å². The third-order valence-electron chi connectivity index (χ3n) is 2.82. The van der Waals surface area contributed by atoms with Gasteiger partial charge < -0.3 is 10.5 Å². The molecule has 0 aliphatic carbocycles. The minimum absolute atomic E-state index is 0.0332. The molecule has 0 bridgehead atoms. The van der Waals surface area contributed by atoms with Gasteiger partial charge >= 0.3 is 5.97 Å². The molecule has 0 radical (unpaired) electrons. The first-order valence-electron chi connectivity index (χ1n) is 5.67. The Bertz CT molecular complexity index is 711. The van der Waals surface area contributed by atoms with Crippen LogP contribution >= 0.6 is 11.6 Å². The monoisotopic (exact) mass is 315 g/mol. The summed E-state index contributed by atoms with van der Waals surface area (Å²) in [6.07, 6.45) is 0. The molecule has 7 heteroatoms. The van der Waals surface area contributed by atoms with Crippen LogP contribution < -0.4 is 5.73 Å². The molecule has 0 heterocycles. The summed E-state index contributed by atoms with van der Waals surface area (Å²) in [5.41, 5.74) is 4.95. The Morgan fingerprint density at radius 2 is 1.71 bits per heavy atom. The fraction of sp³-hybridized carbons (Fsp3) is 0.0714. The summed E-state index contributed by atoms with van der Waals surface area (Å²) in [7, 11) is 1.16. The predicted octanol–water partition coefficient (Wildman–Crippen LogP) is 3.79. The van der Waals surface area contributed by atoms with Crippen molar-refractivity contribution in [3.05, 3.63) is 52.3 Å². The van der Waals surface area contributed by atoms with E-state index in [0.717, 1.165) is 19.2 Å². The maximum atomic E-state index is 13.8. The van der Waals surface area contributed by atoms with E-state index in [1.165, 1.54) is 0 Å². The van der Waals surface area contributed by atoms with Gasteiger partial charge in [0.1, 0.15) is 17.5 Å². The topological polar surface area (TPSA) is 52.3 Å². The van der Waals surface area contributed by atoms with Crippen LogP contribution in [0.5, 0.6) is 0 Å². The third-order valence-corrected chi connectivity index (χ3v) is 3.13. The number of rotatable bonds is 2. The Morgan fingerprint density at radius 3 is 2.24 bits per heavy atom. The maximum Gasteiger partial charge on any atom is 0.340 e. The molecule has 2 aromatic rings. The van der Waals surface area contributed by atoms with Crippen LogP contribution in [0.3, 0.4) is 0 Å². The first kappa shape index (κ1) is 15.2. The molecule has 0 aliphatic rings. The molecule has 110 valence electrons. The van der Waals surface area contributed by atoms with Gasteiger partial charge in [-0.1, -0.05) is 11.6 Å². The highest BCUT2D eigenvalue weighted by Crippen LogP contribution is 2.35. The number of hydrogen-bond donors (Lipinski definition) is 1. The highest BCUT2D eigenvalue weighted by Gasteiger charge is 2.20. The minimum atomic E-state index is -1.13. The lowest BCUT2D eigenvalue weighted by atomic mass is 10.0. The molecule has 0 amide bonds. The van der Waals surface area contributed by atoms with Gasteiger partial charge in [0.2, 0.25) is 0 Å². The number of carbonyl (C=O) groups is 1. The molecule has 21 heavy (non-hydrogen) atoms. The molecule has 3 nitrogen and oxygen atoms in total. The largest absolute Gasteiger partial charge is 0.465 e. The van der Waals surface area contributed by atoms with Gasteiger partial charge in [0, 0.05) is 28.4 Å². The number of esters is 1. The van der Waals surface area contributed by atoms with Crippen molar-refractivity contribution in [2.75, 3.05) is 12.8 Å². The molecule has 0 fully saturated rings. The number of methoxy groups -OCH3 is 1. The van der Waals surface area contributed by atoms with Gasteiger partial charge in [0.25, 0.3) is 0 Å². The molecule has 2 aromatic carbocycles. The molecule has 2 N–H and O–H groups in total. The number of ether oxygens (including phenoxy) is 1. The number of halogens is 4. The van der Waals surface area contributed by atoms with Crippen LogP contribution in [-0.2, 0) is 4.74 Å². The zero-order chi connectivity index (χ0) is 15.7. The molecule has 0 unspecified atom stereocenters. The molecule has 0 aromatic heterocycles. The minimum Gasteiger partial charge on any atom is -0.465 e. The van der Waals surface area contributed by atoms with Crippen LogP contribution in [0.25, 0.3) is 11.1 Å². The summed E-state index contributed by atoms with van der Waals surface area (Å²) in [6, 6.07) is 3.33. The van der Waals surface area contributed by atoms with Crippen molar-refractivity contribution in [3.63, 3.8) is 0 Å². The Hall–Kier alpha value is -2.21. The predicted molar refractivity (Wildman–Crippen MR) is 72.5 cm³/mol. The average molecular weight is 316 g/mol. The second-order valence-corrected chi connectivity index (χ2v) is 4.56. The van der Waals surface area contributed by atoms with Crippen LogP contribution in [0.1, 0.15) is 10.4 Å². The summed E-state index contributed by atoms with van der Waals surface area (Å²) < 4.78 is 45.0. The maximum absolute atomic E-state index is 13.8. The molecular weight excluding hydrogens is 307 g/mol. The Kier molecular flexibility index (Phi) is 4.09. The van der Waals surface area contributed by atoms with Gasteiger partial charge in [0.05, 0.1) is 18.2 Å². The molecule has 0 spiro atoms. The molecule has 0 aliphatic heterocycles. The SMILES string of the molecule is COC(=O)c1cc(Cl)c(-c2c(F)cc(F)cc2F)cc1N. The molecule has 0 saturated heterocycles. The number of benzene rings is 2. The average Bonchev–Trinajstić information content (AvgIpc) is 2.40. The summed E-state index contributed by atoms with van der Waals surface area (Å²) >= 11 is 5.93. The zero-order valence-corrected chi connectivity index (χ0v) is 11.5. The second-order valence-electron chi connectivity index (χ2n) is 4.16. The number of nitrogens with two attached hydrogens (primary N) is 1. The Balaban J connectivity index is 2.67. The highest BCUT2D eigenvalue weighted by atomic mass is 35.5. The molecular formula is C14H9ClF3NO2. The van der Waals surface area contributed by atoms with Crippen LogP contribution in [-0.4, -0.2) is 13.1 Å². The molecule has 0 saturated carbocycles. The lowest BCUT2D eigenvalue weighted by molar-refractivity contribution is 0.0602. The second kappa shape index (κ2) is 5.65. The van der Waals surface area contributed by atoms with Crippen molar-refractivity contribution in [2.45, 2.75) is 0 Å². The number of hydrogen-bond acceptors (Lipinski definition) is 3. The van der Waals surface area contributed by atoms with Crippen molar-refractivity contribution >= 4 is 23.3 Å². The Labute approximate surface area is 123 Å². The Morgan fingerprint density at radius 1 is 1.14 bits per heavy atom. The van der Waals surface area contributed by atoms with E-state index < -0.39 is 29.0 Å². The van der Waals surface area contributed by atoms with Gasteiger partial charge in [-0.15, -0.1) is 0 Å². The molecule has 0 atom stereocenters. The summed E-state index contributed by atoms with van der Waals surface area (Å²) in [4.78, 5) is 11.5. The van der Waals surface area contributed by atoms with Crippen molar-refractivity contribution < 1.29 is 22.7 Å². The van der Waals surface area contributed by atoms with E-state index in [-0.39, 0.29) is 21.8 Å². The fourth-order valence-corrected chi connectivity index (χ4v) is 2.13. The quantitative estimate of drug-likeness (QED) is 0.677. The fourth-order valence-electron chi connectivity index (χ4n) is 1.87. The van der Waals surface area contributed by atoms with Gasteiger partial charge in [0.15, 0.2) is 0 Å². The van der Waals surface area contributed by atoms with Gasteiger partial charge in [-0.2, -0.15) is 0 Å². The van der Waals surface area contributed by atoms with Crippen molar-refractivity contribution in [1.29, 1.82) is 0 Å². The number of carbonyl (C=O) groups excluding carboxylic acids is 1. The van der Waals surface area contributed by atoms with E-state index in [2.05, 4.69) is 4.74 Å². The summed E-state index contributed by atoms with van der Waals surface area (Å²) in [5, 5.41) is -0.117. The standard InChI is InChI=1S/C14H9ClF3NO2/c1-21-14(20)8-4-9(15)7(5-12(8)19)13-10(17)2-6(16)3-11(13)18/h2-5H,19H2,1H3. The summed E-state index contributed by atoms with van der Waals surface area (Å²) in [6.45, 7) is 0. The van der Waals surface area contributed by atoms with E-state index in [1.807, 2.05) is 0 Å². The van der Waals surface area contributed by atoms with Crippen LogP contribution in [0.15, 0.2) is 24.3 Å². The van der Waals surface area contributed by atoms with Gasteiger partial charge in [-0.25, -0.2) is 18.0 Å². The lowest BCUT2D eigenvalue weighted by Crippen LogP contribution is -2.06. The van der Waals surface area contributed by atoms with Crippen molar-refractivity contribution in [1.82, 2.24) is 0 Å². The van der Waals surface area contributed by atoms with Crippen LogP contribution in [0.4, 0.5) is 18.9 Å². The lowest BCUT2D eigenvalue weighted by Gasteiger charge is -2.11. The van der Waals surface area contributed by atoms with Crippen molar-refractivity contribution in [3.8, 4) is 11.1 Å². The smallest absolute Gasteiger partial charge is 0.340 e. The summed E-state index contributed by atoms with van der Waals surface area (Å²) in [5.74, 6) is -4.04. The number of nitrogen functional groups attached to an aromatic ring is 1. The zero-order valence-electron chi connectivity index (χ0n) is 10.7. The van der Waals surface area contributed by atoms with Crippen LogP contribution in [0, 0.1) is 17.5 Å². The third kappa shape index (κ3) is 2.80. The van der Waals surface area contributed by atoms with Gasteiger partial charge in [-0.3, -0.25) is 0 Å². The van der Waals surface area contributed by atoms with E-state index in [4.69, 9.17) is 17.3 Å². The van der Waals surface area contributed by atoms with E-state index in [9.17, 15) is 18.0 Å². The van der Waals surface area contributed by atoms with E-state index >= 15 is 0 Å². The normalized spacial score (nSPS) is 10.5. The number of anilines is 1.